The van der Waals surface area contributed by atoms with Gasteiger partial charge in [-0.2, -0.15) is 0 Å². The van der Waals surface area contributed by atoms with Gasteiger partial charge in [-0.05, 0) is 25.3 Å². The van der Waals surface area contributed by atoms with Gasteiger partial charge in [0.25, 0.3) is 0 Å². The lowest BCUT2D eigenvalue weighted by Gasteiger charge is -2.31. The lowest BCUT2D eigenvalue weighted by atomic mass is 9.98. The number of likely N-dealkylation sites (tertiary alicyclic amines) is 1. The number of carbonyl (C=O) groups is 1. The van der Waals surface area contributed by atoms with E-state index in [1.165, 1.54) is 0 Å². The summed E-state index contributed by atoms with van der Waals surface area (Å²) in [6.07, 6.45) is 4.22. The Hall–Kier alpha value is -1.35. The molecule has 0 aliphatic carbocycles. The van der Waals surface area contributed by atoms with Crippen LogP contribution in [0.3, 0.4) is 0 Å². The van der Waals surface area contributed by atoms with Crippen LogP contribution in [0.25, 0.3) is 0 Å². The molecule has 0 bridgehead atoms. The van der Waals surface area contributed by atoms with E-state index in [0.29, 0.717) is 0 Å². The van der Waals surface area contributed by atoms with Gasteiger partial charge in [0, 0.05) is 6.54 Å². The second-order valence-corrected chi connectivity index (χ2v) is 5.35. The van der Waals surface area contributed by atoms with E-state index < -0.39 is 0 Å². The van der Waals surface area contributed by atoms with E-state index in [9.17, 15) is 9.90 Å². The third kappa shape index (κ3) is 3.35. The molecule has 1 aromatic carbocycles. The van der Waals surface area contributed by atoms with Gasteiger partial charge in [-0.1, -0.05) is 43.2 Å². The Kier molecular flexibility index (Phi) is 4.97. The molecule has 2 rings (SSSR count). The van der Waals surface area contributed by atoms with E-state index in [4.69, 9.17) is 0 Å². The first-order chi connectivity index (χ1) is 9.24. The van der Waals surface area contributed by atoms with Crippen LogP contribution in [0.2, 0.25) is 0 Å². The molecule has 1 aromatic rings. The summed E-state index contributed by atoms with van der Waals surface area (Å²) in [7, 11) is 0. The molecule has 1 amide bonds. The fourth-order valence-corrected chi connectivity index (χ4v) is 2.79. The maximum absolute atomic E-state index is 12.6. The zero-order valence-electron chi connectivity index (χ0n) is 11.6. The van der Waals surface area contributed by atoms with Crippen molar-refractivity contribution >= 4 is 5.91 Å². The van der Waals surface area contributed by atoms with Crippen molar-refractivity contribution in [3.63, 3.8) is 0 Å². The molecule has 2 unspecified atom stereocenters. The molecule has 0 radical (unpaired) electrons. The Morgan fingerprint density at radius 3 is 2.74 bits per heavy atom. The molecule has 19 heavy (non-hydrogen) atoms. The van der Waals surface area contributed by atoms with Gasteiger partial charge in [0.15, 0.2) is 0 Å². The molecule has 104 valence electrons. The minimum Gasteiger partial charge on any atom is -0.394 e. The predicted octanol–water partition coefficient (Wildman–Crippen LogP) is 2.55. The van der Waals surface area contributed by atoms with Crippen LogP contribution >= 0.6 is 0 Å². The number of hydrogen-bond donors (Lipinski definition) is 1. The van der Waals surface area contributed by atoms with Gasteiger partial charge in [-0.3, -0.25) is 4.79 Å². The second-order valence-electron chi connectivity index (χ2n) is 5.35. The highest BCUT2D eigenvalue weighted by Crippen LogP contribution is 2.23. The lowest BCUT2D eigenvalue weighted by molar-refractivity contribution is -0.135. The van der Waals surface area contributed by atoms with Crippen molar-refractivity contribution in [1.82, 2.24) is 4.90 Å². The number of amides is 1. The SMILES string of the molecule is CC(C(=O)N1CCCCCC1CO)c1ccccc1. The maximum atomic E-state index is 12.6. The number of carbonyl (C=O) groups excluding carboxylic acids is 1. The molecule has 1 fully saturated rings. The first-order valence-electron chi connectivity index (χ1n) is 7.20. The molecule has 1 saturated heterocycles. The first kappa shape index (κ1) is 14.1. The predicted molar refractivity (Wildman–Crippen MR) is 75.9 cm³/mol. The molecule has 1 N–H and O–H groups in total. The number of rotatable bonds is 3. The van der Waals surface area contributed by atoms with Crippen LogP contribution in [0.4, 0.5) is 0 Å². The maximum Gasteiger partial charge on any atom is 0.230 e. The largest absolute Gasteiger partial charge is 0.394 e. The number of aliphatic hydroxyl groups excluding tert-OH is 1. The summed E-state index contributed by atoms with van der Waals surface area (Å²) in [4.78, 5) is 14.5. The van der Waals surface area contributed by atoms with Crippen molar-refractivity contribution < 1.29 is 9.90 Å². The highest BCUT2D eigenvalue weighted by molar-refractivity contribution is 5.83. The van der Waals surface area contributed by atoms with Gasteiger partial charge in [0.05, 0.1) is 18.6 Å². The Morgan fingerprint density at radius 2 is 2.05 bits per heavy atom. The average molecular weight is 261 g/mol. The molecule has 3 nitrogen and oxygen atoms in total. The Balaban J connectivity index is 2.12. The summed E-state index contributed by atoms with van der Waals surface area (Å²) in [5, 5.41) is 9.49. The zero-order valence-corrected chi connectivity index (χ0v) is 11.6. The van der Waals surface area contributed by atoms with Crippen LogP contribution in [0, 0.1) is 0 Å². The fraction of sp³-hybridized carbons (Fsp3) is 0.562. The summed E-state index contributed by atoms with van der Waals surface area (Å²) in [6, 6.07) is 9.88. The molecule has 1 aliphatic rings. The number of aliphatic hydroxyl groups is 1. The molecule has 0 saturated carbocycles. The molecule has 3 heteroatoms. The highest BCUT2D eigenvalue weighted by atomic mass is 16.3. The van der Waals surface area contributed by atoms with E-state index in [-0.39, 0.29) is 24.5 Å². The number of nitrogens with zero attached hydrogens (tertiary/aromatic N) is 1. The van der Waals surface area contributed by atoms with Crippen molar-refractivity contribution in [3.05, 3.63) is 35.9 Å². The van der Waals surface area contributed by atoms with Crippen LogP contribution in [0.5, 0.6) is 0 Å². The van der Waals surface area contributed by atoms with E-state index in [1.54, 1.807) is 0 Å². The summed E-state index contributed by atoms with van der Waals surface area (Å²) in [5.74, 6) is 0.0144. The second kappa shape index (κ2) is 6.71. The van der Waals surface area contributed by atoms with Gasteiger partial charge in [0.1, 0.15) is 0 Å². The molecule has 0 aromatic heterocycles. The van der Waals surface area contributed by atoms with Gasteiger partial charge < -0.3 is 10.0 Å². The quantitative estimate of drug-likeness (QED) is 0.908. The minimum absolute atomic E-state index is 0.00108. The zero-order chi connectivity index (χ0) is 13.7. The Morgan fingerprint density at radius 1 is 1.32 bits per heavy atom. The van der Waals surface area contributed by atoms with Crippen LogP contribution < -0.4 is 0 Å². The third-order valence-electron chi connectivity index (χ3n) is 4.04. The Labute approximate surface area is 115 Å². The first-order valence-corrected chi connectivity index (χ1v) is 7.20. The standard InChI is InChI=1S/C16H23NO2/c1-13(14-8-4-2-5-9-14)16(19)17-11-7-3-6-10-15(17)12-18/h2,4-5,8-9,13,15,18H,3,6-7,10-12H2,1H3. The lowest BCUT2D eigenvalue weighted by Crippen LogP contribution is -2.44. The molecule has 0 spiro atoms. The Bertz CT molecular complexity index is 404. The summed E-state index contributed by atoms with van der Waals surface area (Å²) >= 11 is 0. The van der Waals surface area contributed by atoms with Gasteiger partial charge in [-0.15, -0.1) is 0 Å². The van der Waals surface area contributed by atoms with Crippen molar-refractivity contribution in [3.8, 4) is 0 Å². The van der Waals surface area contributed by atoms with E-state index in [0.717, 1.165) is 37.8 Å². The molecular formula is C16H23NO2. The van der Waals surface area contributed by atoms with Crippen molar-refractivity contribution in [2.75, 3.05) is 13.2 Å². The van der Waals surface area contributed by atoms with Crippen molar-refractivity contribution in [2.45, 2.75) is 44.6 Å². The van der Waals surface area contributed by atoms with Gasteiger partial charge in [-0.25, -0.2) is 0 Å². The van der Waals surface area contributed by atoms with Crippen LogP contribution in [-0.4, -0.2) is 35.1 Å². The van der Waals surface area contributed by atoms with Crippen LogP contribution in [-0.2, 0) is 4.79 Å². The third-order valence-corrected chi connectivity index (χ3v) is 4.04. The van der Waals surface area contributed by atoms with Crippen molar-refractivity contribution in [2.24, 2.45) is 0 Å². The van der Waals surface area contributed by atoms with Crippen molar-refractivity contribution in [1.29, 1.82) is 0 Å². The summed E-state index contributed by atoms with van der Waals surface area (Å²) < 4.78 is 0. The highest BCUT2D eigenvalue weighted by Gasteiger charge is 2.28. The minimum atomic E-state index is -0.131. The summed E-state index contributed by atoms with van der Waals surface area (Å²) in [5.41, 5.74) is 1.05. The van der Waals surface area contributed by atoms with E-state index in [1.807, 2.05) is 42.2 Å². The van der Waals surface area contributed by atoms with E-state index in [2.05, 4.69) is 0 Å². The molecule has 1 heterocycles. The average Bonchev–Trinajstić information content (AvgIpc) is 2.71. The fourth-order valence-electron chi connectivity index (χ4n) is 2.79. The normalized spacial score (nSPS) is 21.8. The van der Waals surface area contributed by atoms with Gasteiger partial charge in [0.2, 0.25) is 5.91 Å². The molecular weight excluding hydrogens is 238 g/mol. The number of hydrogen-bond acceptors (Lipinski definition) is 2. The monoisotopic (exact) mass is 261 g/mol. The smallest absolute Gasteiger partial charge is 0.230 e. The molecule has 2 atom stereocenters. The number of benzene rings is 1. The van der Waals surface area contributed by atoms with E-state index >= 15 is 0 Å². The molecule has 1 aliphatic heterocycles. The van der Waals surface area contributed by atoms with Gasteiger partial charge >= 0.3 is 0 Å². The van der Waals surface area contributed by atoms with Crippen LogP contribution in [0.1, 0.15) is 44.1 Å². The summed E-state index contributed by atoms with van der Waals surface area (Å²) in [6.45, 7) is 2.81. The topological polar surface area (TPSA) is 40.5 Å². The van der Waals surface area contributed by atoms with Crippen LogP contribution in [0.15, 0.2) is 30.3 Å².